The molecule has 150 valence electrons. The monoisotopic (exact) mass is 429 g/mol. The first-order chi connectivity index (χ1) is 13.8. The summed E-state index contributed by atoms with van der Waals surface area (Å²) in [4.78, 5) is 19.2. The number of aromatic nitrogens is 2. The maximum absolute atomic E-state index is 13.2. The SMILES string of the molecule is CS(=O)(=O)CCn1c(CN2C(=O)C3(CC3)c3ccncc32)cc2cccc(Cl)c21. The van der Waals surface area contributed by atoms with E-state index in [-0.39, 0.29) is 23.6 Å². The van der Waals surface area contributed by atoms with Crippen LogP contribution in [0.5, 0.6) is 0 Å². The quantitative estimate of drug-likeness (QED) is 0.623. The summed E-state index contributed by atoms with van der Waals surface area (Å²) in [7, 11) is -3.15. The van der Waals surface area contributed by atoms with Crippen LogP contribution in [0.15, 0.2) is 42.7 Å². The average Bonchev–Trinajstić information content (AvgIpc) is 3.35. The van der Waals surface area contributed by atoms with Crippen LogP contribution in [-0.2, 0) is 33.1 Å². The van der Waals surface area contributed by atoms with E-state index < -0.39 is 9.84 Å². The minimum atomic E-state index is -3.15. The number of aryl methyl sites for hydroxylation is 1. The first-order valence-corrected chi connectivity index (χ1v) is 11.9. The highest BCUT2D eigenvalue weighted by molar-refractivity contribution is 7.90. The molecular weight excluding hydrogens is 410 g/mol. The number of fused-ring (bicyclic) bond motifs is 3. The average molecular weight is 430 g/mol. The van der Waals surface area contributed by atoms with Crippen LogP contribution >= 0.6 is 11.6 Å². The Bertz CT molecular complexity index is 1260. The second-order valence-corrected chi connectivity index (χ2v) is 10.6. The maximum atomic E-state index is 13.2. The van der Waals surface area contributed by atoms with Crippen LogP contribution < -0.4 is 4.90 Å². The van der Waals surface area contributed by atoms with Gasteiger partial charge >= 0.3 is 0 Å². The zero-order chi connectivity index (χ0) is 20.4. The number of carbonyl (C=O) groups excluding carboxylic acids is 1. The molecule has 0 unspecified atom stereocenters. The Labute approximate surface area is 174 Å². The van der Waals surface area contributed by atoms with Gasteiger partial charge in [-0.05, 0) is 36.6 Å². The van der Waals surface area contributed by atoms with Gasteiger partial charge in [-0.1, -0.05) is 23.7 Å². The molecule has 1 aromatic carbocycles. The van der Waals surface area contributed by atoms with Crippen molar-refractivity contribution in [2.24, 2.45) is 0 Å². The molecule has 1 fully saturated rings. The number of pyridine rings is 1. The number of hydrogen-bond donors (Lipinski definition) is 0. The summed E-state index contributed by atoms with van der Waals surface area (Å²) >= 11 is 6.45. The van der Waals surface area contributed by atoms with Gasteiger partial charge in [0, 0.05) is 30.1 Å². The van der Waals surface area contributed by atoms with E-state index in [2.05, 4.69) is 4.98 Å². The summed E-state index contributed by atoms with van der Waals surface area (Å²) in [6.45, 7) is 0.641. The maximum Gasteiger partial charge on any atom is 0.238 e. The molecule has 29 heavy (non-hydrogen) atoms. The van der Waals surface area contributed by atoms with E-state index in [9.17, 15) is 13.2 Å². The first kappa shape index (κ1) is 18.6. The van der Waals surface area contributed by atoms with Gasteiger partial charge in [0.05, 0.1) is 40.1 Å². The molecule has 8 heteroatoms. The van der Waals surface area contributed by atoms with Crippen molar-refractivity contribution >= 4 is 43.9 Å². The molecule has 0 N–H and O–H groups in total. The van der Waals surface area contributed by atoms with Gasteiger partial charge in [-0.15, -0.1) is 0 Å². The smallest absolute Gasteiger partial charge is 0.238 e. The number of para-hydroxylation sites is 1. The van der Waals surface area contributed by atoms with Gasteiger partial charge in [0.2, 0.25) is 5.91 Å². The predicted molar refractivity (Wildman–Crippen MR) is 113 cm³/mol. The zero-order valence-electron chi connectivity index (χ0n) is 15.9. The van der Waals surface area contributed by atoms with Gasteiger partial charge in [0.25, 0.3) is 0 Å². The first-order valence-electron chi connectivity index (χ1n) is 9.51. The second kappa shape index (κ2) is 6.31. The molecule has 0 atom stereocenters. The number of hydrogen-bond acceptors (Lipinski definition) is 4. The molecule has 1 spiro atoms. The molecule has 0 radical (unpaired) electrons. The summed E-state index contributed by atoms with van der Waals surface area (Å²) in [6, 6.07) is 9.55. The van der Waals surface area contributed by atoms with Crippen molar-refractivity contribution in [3.05, 3.63) is 59.0 Å². The largest absolute Gasteiger partial charge is 0.341 e. The molecule has 1 amide bonds. The Balaban J connectivity index is 1.59. The molecule has 3 heterocycles. The van der Waals surface area contributed by atoms with Crippen molar-refractivity contribution in [1.82, 2.24) is 9.55 Å². The van der Waals surface area contributed by atoms with Crippen LogP contribution in [0.25, 0.3) is 10.9 Å². The Kier molecular flexibility index (Phi) is 4.05. The van der Waals surface area contributed by atoms with Gasteiger partial charge in [-0.3, -0.25) is 9.78 Å². The number of nitrogens with zero attached hydrogens (tertiary/aromatic N) is 3. The highest BCUT2D eigenvalue weighted by Gasteiger charge is 2.59. The lowest BCUT2D eigenvalue weighted by Gasteiger charge is -2.20. The standard InChI is InChI=1S/C21H20ClN3O3S/c1-29(27,28)10-9-24-15(11-14-3-2-4-17(22)19(14)24)13-25-18-12-23-8-5-16(18)21(6-7-21)20(25)26/h2-5,8,11-12H,6-7,9-10,13H2,1H3. The third-order valence-corrected chi connectivity index (χ3v) is 7.20. The molecule has 1 aliphatic carbocycles. The van der Waals surface area contributed by atoms with E-state index in [1.807, 2.05) is 28.8 Å². The van der Waals surface area contributed by atoms with Crippen molar-refractivity contribution in [2.45, 2.75) is 31.3 Å². The van der Waals surface area contributed by atoms with Crippen LogP contribution in [0.2, 0.25) is 5.02 Å². The van der Waals surface area contributed by atoms with Crippen LogP contribution in [0, 0.1) is 0 Å². The number of rotatable bonds is 5. The van der Waals surface area contributed by atoms with E-state index in [1.165, 1.54) is 6.26 Å². The number of anilines is 1. The third kappa shape index (κ3) is 2.95. The summed E-state index contributed by atoms with van der Waals surface area (Å²) in [5.41, 5.74) is 3.17. The van der Waals surface area contributed by atoms with Gasteiger partial charge in [-0.2, -0.15) is 0 Å². The van der Waals surface area contributed by atoms with Gasteiger partial charge in [0.15, 0.2) is 0 Å². The van der Waals surface area contributed by atoms with Crippen molar-refractivity contribution in [3.63, 3.8) is 0 Å². The number of carbonyl (C=O) groups is 1. The molecule has 3 aromatic rings. The summed E-state index contributed by atoms with van der Waals surface area (Å²) in [5.74, 6) is 0.108. The highest BCUT2D eigenvalue weighted by atomic mass is 35.5. The summed E-state index contributed by atoms with van der Waals surface area (Å²) in [5, 5.41) is 1.50. The fraction of sp³-hybridized carbons (Fsp3) is 0.333. The minimum absolute atomic E-state index is 0.00499. The normalized spacial score (nSPS) is 17.3. The van der Waals surface area contributed by atoms with Gasteiger partial charge in [0.1, 0.15) is 9.84 Å². The molecule has 1 aliphatic heterocycles. The lowest BCUT2D eigenvalue weighted by atomic mass is 9.99. The fourth-order valence-electron chi connectivity index (χ4n) is 4.39. The summed E-state index contributed by atoms with van der Waals surface area (Å²) < 4.78 is 25.5. The molecule has 1 saturated carbocycles. The van der Waals surface area contributed by atoms with E-state index in [4.69, 9.17) is 11.6 Å². The number of benzene rings is 1. The molecule has 6 nitrogen and oxygen atoms in total. The van der Waals surface area contributed by atoms with Crippen molar-refractivity contribution in [2.75, 3.05) is 16.9 Å². The number of halogens is 1. The molecule has 0 saturated heterocycles. The molecular formula is C21H20ClN3O3S. The Morgan fingerprint density at radius 1 is 1.24 bits per heavy atom. The zero-order valence-corrected chi connectivity index (χ0v) is 17.5. The second-order valence-electron chi connectivity index (χ2n) is 7.96. The lowest BCUT2D eigenvalue weighted by molar-refractivity contribution is -0.120. The number of amides is 1. The van der Waals surface area contributed by atoms with Crippen molar-refractivity contribution in [3.8, 4) is 0 Å². The topological polar surface area (TPSA) is 72.3 Å². The molecule has 2 aliphatic rings. The van der Waals surface area contributed by atoms with Crippen LogP contribution in [0.3, 0.4) is 0 Å². The summed E-state index contributed by atoms with van der Waals surface area (Å²) in [6.07, 6.45) is 6.43. The lowest BCUT2D eigenvalue weighted by Crippen LogP contribution is -2.32. The number of sulfone groups is 1. The van der Waals surface area contributed by atoms with E-state index >= 15 is 0 Å². The Hall–Kier alpha value is -2.38. The van der Waals surface area contributed by atoms with Crippen LogP contribution in [-0.4, -0.2) is 35.9 Å². The van der Waals surface area contributed by atoms with E-state index in [0.717, 1.165) is 40.7 Å². The molecule has 5 rings (SSSR count). The highest BCUT2D eigenvalue weighted by Crippen LogP contribution is 2.57. The van der Waals surface area contributed by atoms with Crippen LogP contribution in [0.1, 0.15) is 24.1 Å². The van der Waals surface area contributed by atoms with Crippen molar-refractivity contribution < 1.29 is 13.2 Å². The van der Waals surface area contributed by atoms with Crippen LogP contribution in [0.4, 0.5) is 5.69 Å². The Morgan fingerprint density at radius 3 is 2.76 bits per heavy atom. The van der Waals surface area contributed by atoms with E-state index in [1.54, 1.807) is 23.4 Å². The van der Waals surface area contributed by atoms with Gasteiger partial charge < -0.3 is 9.47 Å². The van der Waals surface area contributed by atoms with Crippen molar-refractivity contribution in [1.29, 1.82) is 0 Å². The fourth-order valence-corrected chi connectivity index (χ4v) is 5.19. The Morgan fingerprint density at radius 2 is 2.03 bits per heavy atom. The molecule has 2 aromatic heterocycles. The minimum Gasteiger partial charge on any atom is -0.341 e. The third-order valence-electron chi connectivity index (χ3n) is 5.97. The molecule has 0 bridgehead atoms. The predicted octanol–water partition coefficient (Wildman–Crippen LogP) is 3.31. The van der Waals surface area contributed by atoms with E-state index in [0.29, 0.717) is 11.6 Å². The van der Waals surface area contributed by atoms with Gasteiger partial charge in [-0.25, -0.2) is 8.42 Å².